The van der Waals surface area contributed by atoms with Crippen molar-refractivity contribution in [3.63, 3.8) is 0 Å². The monoisotopic (exact) mass is 534 g/mol. The van der Waals surface area contributed by atoms with Crippen LogP contribution in [0.5, 0.6) is 11.5 Å². The zero-order valence-electron chi connectivity index (χ0n) is 20.8. The van der Waals surface area contributed by atoms with Gasteiger partial charge in [-0.25, -0.2) is 4.39 Å². The molecule has 2 amide bonds. The number of ether oxygens (including phenoxy) is 2. The highest BCUT2D eigenvalue weighted by Crippen LogP contribution is 2.34. The van der Waals surface area contributed by atoms with Crippen LogP contribution in [0, 0.1) is 5.82 Å². The van der Waals surface area contributed by atoms with Crippen molar-refractivity contribution in [3.8, 4) is 11.5 Å². The summed E-state index contributed by atoms with van der Waals surface area (Å²) in [5, 5.41) is 2.00. The van der Waals surface area contributed by atoms with E-state index in [4.69, 9.17) is 13.9 Å². The van der Waals surface area contributed by atoms with Crippen LogP contribution >= 0.6 is 11.3 Å². The molecular formula is C29H27FN2O5S. The van der Waals surface area contributed by atoms with E-state index in [0.717, 1.165) is 5.56 Å². The molecule has 0 fully saturated rings. The van der Waals surface area contributed by atoms with Crippen LogP contribution < -0.4 is 9.47 Å². The molecule has 196 valence electrons. The van der Waals surface area contributed by atoms with Gasteiger partial charge in [-0.05, 0) is 59.8 Å². The first-order valence-corrected chi connectivity index (χ1v) is 13.1. The lowest BCUT2D eigenvalue weighted by molar-refractivity contribution is -0.135. The number of methoxy groups -OCH3 is 1. The summed E-state index contributed by atoms with van der Waals surface area (Å²) in [6.07, 6.45) is 2.25. The molecule has 0 bridgehead atoms. The summed E-state index contributed by atoms with van der Waals surface area (Å²) in [7, 11) is 1.50. The van der Waals surface area contributed by atoms with Gasteiger partial charge in [0.25, 0.3) is 5.91 Å². The van der Waals surface area contributed by atoms with Gasteiger partial charge < -0.3 is 23.7 Å². The van der Waals surface area contributed by atoms with Crippen molar-refractivity contribution in [1.29, 1.82) is 0 Å². The number of rotatable bonds is 9. The van der Waals surface area contributed by atoms with Crippen LogP contribution in [0.4, 0.5) is 4.39 Å². The van der Waals surface area contributed by atoms with Gasteiger partial charge in [0, 0.05) is 17.5 Å². The lowest BCUT2D eigenvalue weighted by Gasteiger charge is -2.37. The first kappa shape index (κ1) is 25.5. The van der Waals surface area contributed by atoms with E-state index < -0.39 is 5.82 Å². The van der Waals surface area contributed by atoms with E-state index in [9.17, 15) is 14.0 Å². The Morgan fingerprint density at radius 2 is 2.00 bits per heavy atom. The highest BCUT2D eigenvalue weighted by molar-refractivity contribution is 7.10. The van der Waals surface area contributed by atoms with E-state index in [1.54, 1.807) is 64.8 Å². The summed E-state index contributed by atoms with van der Waals surface area (Å²) in [4.78, 5) is 31.8. The van der Waals surface area contributed by atoms with Gasteiger partial charge in [-0.3, -0.25) is 9.59 Å². The van der Waals surface area contributed by atoms with E-state index in [1.807, 2.05) is 11.4 Å². The van der Waals surface area contributed by atoms with Gasteiger partial charge in [-0.15, -0.1) is 11.3 Å². The zero-order chi connectivity index (χ0) is 26.5. The number of furan rings is 1. The Bertz CT molecular complexity index is 1400. The van der Waals surface area contributed by atoms with Crippen LogP contribution in [-0.2, 0) is 17.8 Å². The Morgan fingerprint density at radius 1 is 1.13 bits per heavy atom. The number of nitrogens with zero attached hydrogens (tertiary/aromatic N) is 2. The fraction of sp³-hybridized carbons (Fsp3) is 0.241. The van der Waals surface area contributed by atoms with Crippen molar-refractivity contribution >= 4 is 23.2 Å². The molecule has 3 heterocycles. The quantitative estimate of drug-likeness (QED) is 0.290. The maximum Gasteiger partial charge on any atom is 0.258 e. The fourth-order valence-electron chi connectivity index (χ4n) is 4.64. The summed E-state index contributed by atoms with van der Waals surface area (Å²) in [5.74, 6) is 0.434. The molecule has 1 unspecified atom stereocenters. The normalized spacial score (nSPS) is 14.6. The van der Waals surface area contributed by atoms with Crippen LogP contribution in [-0.4, -0.2) is 48.4 Å². The highest BCUT2D eigenvalue weighted by Gasteiger charge is 2.34. The number of hydrogen-bond donors (Lipinski definition) is 0. The number of carbonyl (C=O) groups is 2. The molecule has 1 atom stereocenters. The number of benzene rings is 2. The van der Waals surface area contributed by atoms with E-state index in [0.29, 0.717) is 35.8 Å². The maximum atomic E-state index is 13.8. The summed E-state index contributed by atoms with van der Waals surface area (Å²) < 4.78 is 30.5. The number of hydrogen-bond acceptors (Lipinski definition) is 6. The molecule has 2 aromatic carbocycles. The molecule has 38 heavy (non-hydrogen) atoms. The van der Waals surface area contributed by atoms with E-state index in [1.165, 1.54) is 35.3 Å². The van der Waals surface area contributed by atoms with Crippen LogP contribution in [0.15, 0.2) is 82.8 Å². The molecule has 1 aliphatic heterocycles. The molecule has 0 radical (unpaired) electrons. The Labute approximate surface area is 224 Å². The molecule has 0 saturated heterocycles. The first-order valence-electron chi connectivity index (χ1n) is 12.2. The van der Waals surface area contributed by atoms with Crippen LogP contribution in [0.2, 0.25) is 0 Å². The topological polar surface area (TPSA) is 72.2 Å². The van der Waals surface area contributed by atoms with Gasteiger partial charge >= 0.3 is 0 Å². The molecule has 5 rings (SSSR count). The lowest BCUT2D eigenvalue weighted by atomic mass is 10.0. The van der Waals surface area contributed by atoms with Crippen LogP contribution in [0.1, 0.15) is 32.6 Å². The molecule has 1 aliphatic rings. The predicted octanol–water partition coefficient (Wildman–Crippen LogP) is 5.34. The Balaban J connectivity index is 1.39. The Hall–Kier alpha value is -4.11. The molecule has 7 nitrogen and oxygen atoms in total. The maximum absolute atomic E-state index is 13.8. The van der Waals surface area contributed by atoms with E-state index in [2.05, 4.69) is 0 Å². The lowest BCUT2D eigenvalue weighted by Crippen LogP contribution is -2.47. The number of thiophene rings is 1. The third kappa shape index (κ3) is 5.57. The largest absolute Gasteiger partial charge is 0.496 e. The molecule has 4 aromatic rings. The fourth-order valence-corrected chi connectivity index (χ4v) is 5.57. The third-order valence-electron chi connectivity index (χ3n) is 6.50. The predicted molar refractivity (Wildman–Crippen MR) is 141 cm³/mol. The molecule has 0 aliphatic carbocycles. The number of halogens is 1. The number of fused-ring (bicyclic) bond motifs is 1. The minimum atomic E-state index is -0.390. The van der Waals surface area contributed by atoms with E-state index >= 15 is 0 Å². The molecule has 0 N–H and O–H groups in total. The number of amides is 2. The zero-order valence-corrected chi connectivity index (χ0v) is 21.7. The van der Waals surface area contributed by atoms with Gasteiger partial charge in [0.05, 0.1) is 31.5 Å². The molecular weight excluding hydrogens is 507 g/mol. The Morgan fingerprint density at radius 3 is 2.79 bits per heavy atom. The standard InChI is InChI=1S/C29H27FN2O5S/c1-35-26-10-3-2-9-24(26)29(34)31(17-22-8-5-14-36-22)18-28(33)32-13-11-27-23(12-15-38-27)25(32)19-37-21-7-4-6-20(30)16-21/h2-10,12,14-16,25H,11,13,17-19H2,1H3. The average molecular weight is 535 g/mol. The second-order valence-electron chi connectivity index (χ2n) is 8.86. The molecule has 2 aromatic heterocycles. The number of carbonyl (C=O) groups excluding carboxylic acids is 2. The molecule has 9 heteroatoms. The molecule has 0 spiro atoms. The second kappa shape index (κ2) is 11.5. The van der Waals surface area contributed by atoms with Crippen molar-refractivity contribution in [1.82, 2.24) is 9.80 Å². The van der Waals surface area contributed by atoms with Crippen molar-refractivity contribution < 1.29 is 27.9 Å². The van der Waals surface area contributed by atoms with E-state index in [-0.39, 0.29) is 37.6 Å². The second-order valence-corrected chi connectivity index (χ2v) is 9.86. The van der Waals surface area contributed by atoms with Crippen molar-refractivity contribution in [2.75, 3.05) is 26.8 Å². The minimum Gasteiger partial charge on any atom is -0.496 e. The van der Waals surface area contributed by atoms with Crippen LogP contribution in [0.25, 0.3) is 0 Å². The van der Waals surface area contributed by atoms with Crippen molar-refractivity contribution in [3.05, 3.63) is 106 Å². The summed E-state index contributed by atoms with van der Waals surface area (Å²) in [6, 6.07) is 18.0. The van der Waals surface area contributed by atoms with Gasteiger partial charge in [0.1, 0.15) is 36.2 Å². The molecule has 0 saturated carbocycles. The van der Waals surface area contributed by atoms with Crippen LogP contribution in [0.3, 0.4) is 0 Å². The van der Waals surface area contributed by atoms with Crippen molar-refractivity contribution in [2.24, 2.45) is 0 Å². The van der Waals surface area contributed by atoms with Gasteiger partial charge in [0.15, 0.2) is 0 Å². The van der Waals surface area contributed by atoms with Crippen molar-refractivity contribution in [2.45, 2.75) is 19.0 Å². The Kier molecular flexibility index (Phi) is 7.74. The minimum absolute atomic E-state index is 0.123. The highest BCUT2D eigenvalue weighted by atomic mass is 32.1. The average Bonchev–Trinajstić information content (AvgIpc) is 3.63. The van der Waals surface area contributed by atoms with Gasteiger partial charge in [-0.2, -0.15) is 0 Å². The SMILES string of the molecule is COc1ccccc1C(=O)N(CC(=O)N1CCc2sccc2C1COc1cccc(F)c1)Cc1ccco1. The summed E-state index contributed by atoms with van der Waals surface area (Å²) >= 11 is 1.65. The van der Waals surface area contributed by atoms with Gasteiger partial charge in [0.2, 0.25) is 5.91 Å². The summed E-state index contributed by atoms with van der Waals surface area (Å²) in [6.45, 7) is 0.615. The number of para-hydroxylation sites is 1. The third-order valence-corrected chi connectivity index (χ3v) is 7.49. The summed E-state index contributed by atoms with van der Waals surface area (Å²) in [5.41, 5.74) is 1.37. The smallest absolute Gasteiger partial charge is 0.258 e. The first-order chi connectivity index (χ1) is 18.5. The van der Waals surface area contributed by atoms with Gasteiger partial charge in [-0.1, -0.05) is 18.2 Å².